The molecule has 0 aliphatic rings. The molecule has 0 heterocycles. The molecule has 70 valence electrons. The molecule has 4 heteroatoms. The molecule has 3 N–H and O–H groups in total. The van der Waals surface area contributed by atoms with Crippen LogP contribution in [0, 0.1) is 12.3 Å². The molecule has 0 unspecified atom stereocenters. The standard InChI is InChI=1S/C9H10F2N2/c1-6-4-2-3-5-7(6)9(10,11)8(12)13/h2-5H,1H3,(H3,12,13). The summed E-state index contributed by atoms with van der Waals surface area (Å²) in [6.07, 6.45) is 0. The molecule has 13 heavy (non-hydrogen) atoms. The molecule has 1 aromatic carbocycles. The Kier molecular flexibility index (Phi) is 2.32. The summed E-state index contributed by atoms with van der Waals surface area (Å²) in [5.41, 5.74) is 5.03. The molecule has 0 atom stereocenters. The van der Waals surface area contributed by atoms with E-state index >= 15 is 0 Å². The van der Waals surface area contributed by atoms with E-state index in [4.69, 9.17) is 11.1 Å². The van der Waals surface area contributed by atoms with Gasteiger partial charge in [0.25, 0.3) is 0 Å². The summed E-state index contributed by atoms with van der Waals surface area (Å²) in [6.45, 7) is 1.56. The van der Waals surface area contributed by atoms with Gasteiger partial charge in [-0.05, 0) is 12.5 Å². The molecule has 0 aliphatic carbocycles. The van der Waals surface area contributed by atoms with Crippen molar-refractivity contribution >= 4 is 5.84 Å². The highest BCUT2D eigenvalue weighted by Gasteiger charge is 2.36. The number of halogens is 2. The zero-order chi connectivity index (χ0) is 10.1. The third kappa shape index (κ3) is 1.66. The second-order valence-corrected chi connectivity index (χ2v) is 2.80. The van der Waals surface area contributed by atoms with Gasteiger partial charge in [-0.2, -0.15) is 8.78 Å². The van der Waals surface area contributed by atoms with Crippen molar-refractivity contribution in [3.8, 4) is 0 Å². The lowest BCUT2D eigenvalue weighted by Crippen LogP contribution is -2.32. The Hall–Kier alpha value is -1.45. The Balaban J connectivity index is 3.22. The number of aryl methyl sites for hydroxylation is 1. The molecule has 0 amide bonds. The predicted octanol–water partition coefficient (Wildman–Crippen LogP) is 2.02. The van der Waals surface area contributed by atoms with Crippen LogP contribution in [0.3, 0.4) is 0 Å². The van der Waals surface area contributed by atoms with Crippen LogP contribution in [0.5, 0.6) is 0 Å². The van der Waals surface area contributed by atoms with Gasteiger partial charge in [-0.15, -0.1) is 0 Å². The SMILES string of the molecule is Cc1ccccc1C(F)(F)C(=N)N. The summed E-state index contributed by atoms with van der Waals surface area (Å²) >= 11 is 0. The number of hydrogen-bond acceptors (Lipinski definition) is 1. The minimum Gasteiger partial charge on any atom is -0.382 e. The molecule has 0 radical (unpaired) electrons. The molecule has 2 nitrogen and oxygen atoms in total. The number of amidine groups is 1. The van der Waals surface area contributed by atoms with Crippen molar-refractivity contribution < 1.29 is 8.78 Å². The van der Waals surface area contributed by atoms with E-state index in [0.29, 0.717) is 5.56 Å². The zero-order valence-corrected chi connectivity index (χ0v) is 7.14. The van der Waals surface area contributed by atoms with Crippen molar-refractivity contribution in [2.45, 2.75) is 12.8 Å². The van der Waals surface area contributed by atoms with Gasteiger partial charge in [0.05, 0.1) is 0 Å². The second kappa shape index (κ2) is 3.12. The Bertz CT molecular complexity index is 334. The smallest absolute Gasteiger partial charge is 0.329 e. The topological polar surface area (TPSA) is 49.9 Å². The summed E-state index contributed by atoms with van der Waals surface area (Å²) in [7, 11) is 0. The van der Waals surface area contributed by atoms with Gasteiger partial charge in [0, 0.05) is 5.56 Å². The number of rotatable bonds is 2. The Morgan fingerprint density at radius 2 is 1.92 bits per heavy atom. The van der Waals surface area contributed by atoms with E-state index in [-0.39, 0.29) is 5.56 Å². The van der Waals surface area contributed by atoms with E-state index in [2.05, 4.69) is 0 Å². The van der Waals surface area contributed by atoms with Crippen LogP contribution in [0.4, 0.5) is 8.78 Å². The van der Waals surface area contributed by atoms with Gasteiger partial charge < -0.3 is 5.73 Å². The summed E-state index contributed by atoms with van der Waals surface area (Å²) in [6, 6.07) is 6.00. The molecule has 0 aromatic heterocycles. The zero-order valence-electron chi connectivity index (χ0n) is 7.14. The van der Waals surface area contributed by atoms with Gasteiger partial charge in [0.1, 0.15) is 0 Å². The number of nitrogens with one attached hydrogen (secondary N) is 1. The molecule has 0 bridgehead atoms. The van der Waals surface area contributed by atoms with Gasteiger partial charge in [0.15, 0.2) is 5.84 Å². The lowest BCUT2D eigenvalue weighted by molar-refractivity contribution is 0.0727. The Labute approximate surface area is 74.9 Å². The third-order valence-electron chi connectivity index (χ3n) is 1.82. The fourth-order valence-corrected chi connectivity index (χ4v) is 1.07. The lowest BCUT2D eigenvalue weighted by atomic mass is 10.0. The van der Waals surface area contributed by atoms with Gasteiger partial charge in [-0.1, -0.05) is 24.3 Å². The van der Waals surface area contributed by atoms with Crippen molar-refractivity contribution in [3.05, 3.63) is 35.4 Å². The second-order valence-electron chi connectivity index (χ2n) is 2.80. The van der Waals surface area contributed by atoms with E-state index in [0.717, 1.165) is 0 Å². The fraction of sp³-hybridized carbons (Fsp3) is 0.222. The molecule has 0 spiro atoms. The molecule has 1 rings (SSSR count). The first kappa shape index (κ1) is 9.64. The van der Waals surface area contributed by atoms with Crippen molar-refractivity contribution in [2.75, 3.05) is 0 Å². The number of hydrogen-bond donors (Lipinski definition) is 2. The number of alkyl halides is 2. The molecule has 0 fully saturated rings. The monoisotopic (exact) mass is 184 g/mol. The van der Waals surface area contributed by atoms with Crippen molar-refractivity contribution in [1.29, 1.82) is 5.41 Å². The molecule has 0 saturated heterocycles. The maximum atomic E-state index is 13.2. The van der Waals surface area contributed by atoms with Crippen molar-refractivity contribution in [3.63, 3.8) is 0 Å². The maximum Gasteiger partial charge on any atom is 0.329 e. The fourth-order valence-electron chi connectivity index (χ4n) is 1.07. The maximum absolute atomic E-state index is 13.2. The summed E-state index contributed by atoms with van der Waals surface area (Å²) in [5, 5.41) is 6.76. The average Bonchev–Trinajstić information content (AvgIpc) is 2.04. The van der Waals surface area contributed by atoms with Crippen LogP contribution in [0.1, 0.15) is 11.1 Å². The van der Waals surface area contributed by atoms with E-state index in [1.165, 1.54) is 12.1 Å². The highest BCUT2D eigenvalue weighted by molar-refractivity contribution is 5.86. The van der Waals surface area contributed by atoms with Crippen LogP contribution in [-0.2, 0) is 5.92 Å². The third-order valence-corrected chi connectivity index (χ3v) is 1.82. The van der Waals surface area contributed by atoms with Crippen LogP contribution >= 0.6 is 0 Å². The first-order valence-electron chi connectivity index (χ1n) is 3.74. The highest BCUT2D eigenvalue weighted by Crippen LogP contribution is 2.29. The predicted molar refractivity (Wildman–Crippen MR) is 47.0 cm³/mol. The average molecular weight is 184 g/mol. The summed E-state index contributed by atoms with van der Waals surface area (Å²) in [5.74, 6) is -4.48. The van der Waals surface area contributed by atoms with E-state index in [1.54, 1.807) is 19.1 Å². The highest BCUT2D eigenvalue weighted by atomic mass is 19.3. The van der Waals surface area contributed by atoms with Crippen molar-refractivity contribution in [1.82, 2.24) is 0 Å². The Morgan fingerprint density at radius 3 is 2.38 bits per heavy atom. The van der Waals surface area contributed by atoms with Gasteiger partial charge >= 0.3 is 5.92 Å². The summed E-state index contributed by atoms with van der Waals surface area (Å²) in [4.78, 5) is 0. The van der Waals surface area contributed by atoms with Crippen LogP contribution < -0.4 is 5.73 Å². The largest absolute Gasteiger partial charge is 0.382 e. The van der Waals surface area contributed by atoms with Crippen LogP contribution in [-0.4, -0.2) is 5.84 Å². The number of benzene rings is 1. The van der Waals surface area contributed by atoms with Crippen LogP contribution in [0.15, 0.2) is 24.3 Å². The quantitative estimate of drug-likeness (QED) is 0.536. The minimum atomic E-state index is -3.36. The van der Waals surface area contributed by atoms with Gasteiger partial charge in [-0.3, -0.25) is 5.41 Å². The molecule has 1 aromatic rings. The van der Waals surface area contributed by atoms with Crippen molar-refractivity contribution in [2.24, 2.45) is 5.73 Å². The molecular weight excluding hydrogens is 174 g/mol. The van der Waals surface area contributed by atoms with E-state index in [9.17, 15) is 8.78 Å². The van der Waals surface area contributed by atoms with E-state index in [1.807, 2.05) is 0 Å². The summed E-state index contributed by atoms with van der Waals surface area (Å²) < 4.78 is 26.4. The van der Waals surface area contributed by atoms with Gasteiger partial charge in [0.2, 0.25) is 0 Å². The molecule has 0 aliphatic heterocycles. The normalized spacial score (nSPS) is 11.3. The first-order chi connectivity index (χ1) is 5.96. The van der Waals surface area contributed by atoms with E-state index < -0.39 is 11.8 Å². The van der Waals surface area contributed by atoms with Crippen LogP contribution in [0.25, 0.3) is 0 Å². The Morgan fingerprint density at radius 1 is 1.38 bits per heavy atom. The van der Waals surface area contributed by atoms with Gasteiger partial charge in [-0.25, -0.2) is 0 Å². The number of nitrogens with two attached hydrogens (primary N) is 1. The molecule has 0 saturated carbocycles. The molecular formula is C9H10F2N2. The first-order valence-corrected chi connectivity index (χ1v) is 3.74. The lowest BCUT2D eigenvalue weighted by Gasteiger charge is -2.16. The minimum absolute atomic E-state index is 0.206. The van der Waals surface area contributed by atoms with Crippen LogP contribution in [0.2, 0.25) is 0 Å².